The maximum absolute atomic E-state index is 13.6. The predicted molar refractivity (Wildman–Crippen MR) is 137 cm³/mol. The van der Waals surface area contributed by atoms with Crippen molar-refractivity contribution in [1.29, 1.82) is 0 Å². The number of pyridine rings is 1. The number of nitrogens with one attached hydrogen (secondary N) is 3. The number of halogens is 2. The van der Waals surface area contributed by atoms with Crippen molar-refractivity contribution in [3.05, 3.63) is 93.7 Å². The second-order valence-electron chi connectivity index (χ2n) is 7.74. The van der Waals surface area contributed by atoms with Crippen LogP contribution in [0.3, 0.4) is 0 Å². The molecule has 3 N–H and O–H groups in total. The molecule has 0 aliphatic carbocycles. The largest absolute Gasteiger partial charge is 0.320 e. The Hall–Kier alpha value is -4.21. The van der Waals surface area contributed by atoms with Crippen LogP contribution in [0.2, 0.25) is 10.0 Å². The third kappa shape index (κ3) is 5.37. The predicted octanol–water partition coefficient (Wildman–Crippen LogP) is 4.58. The number of carbonyl (C=O) groups is 3. The summed E-state index contributed by atoms with van der Waals surface area (Å²) in [6.45, 7) is 2.94. The van der Waals surface area contributed by atoms with Gasteiger partial charge in [-0.15, -0.1) is 0 Å². The molecule has 0 fully saturated rings. The molecule has 9 nitrogen and oxygen atoms in total. The zero-order chi connectivity index (χ0) is 25.8. The number of hydrogen-bond acceptors (Lipinski definition) is 5. The summed E-state index contributed by atoms with van der Waals surface area (Å²) in [6, 6.07) is 17.2. The first-order valence-electron chi connectivity index (χ1n) is 10.7. The average Bonchev–Trinajstić information content (AvgIpc) is 3.30. The number of rotatable bonds is 5. The van der Waals surface area contributed by atoms with Crippen LogP contribution >= 0.6 is 23.2 Å². The zero-order valence-electron chi connectivity index (χ0n) is 19.2. The van der Waals surface area contributed by atoms with Crippen LogP contribution < -0.4 is 16.2 Å². The van der Waals surface area contributed by atoms with Crippen LogP contribution in [0.5, 0.6) is 0 Å². The summed E-state index contributed by atoms with van der Waals surface area (Å²) in [5, 5.41) is 7.95. The fourth-order valence-electron chi connectivity index (χ4n) is 3.47. The minimum Gasteiger partial charge on any atom is -0.320 e. The highest BCUT2D eigenvalue weighted by Gasteiger charge is 2.23. The molecule has 0 spiro atoms. The summed E-state index contributed by atoms with van der Waals surface area (Å²) in [5.41, 5.74) is 6.77. The van der Waals surface area contributed by atoms with Gasteiger partial charge in [0.05, 0.1) is 22.0 Å². The molecular formula is C25H20Cl2N6O3. The Morgan fingerprint density at radius 3 is 2.36 bits per heavy atom. The number of benzene rings is 2. The van der Waals surface area contributed by atoms with Gasteiger partial charge in [0, 0.05) is 23.7 Å². The second-order valence-corrected chi connectivity index (χ2v) is 8.58. The van der Waals surface area contributed by atoms with Crippen molar-refractivity contribution >= 4 is 46.6 Å². The summed E-state index contributed by atoms with van der Waals surface area (Å²) >= 11 is 12.5. The summed E-state index contributed by atoms with van der Waals surface area (Å²) < 4.78 is 1.35. The fourth-order valence-corrected chi connectivity index (χ4v) is 3.94. The highest BCUT2D eigenvalue weighted by atomic mass is 35.5. The van der Waals surface area contributed by atoms with Gasteiger partial charge in [0.1, 0.15) is 5.69 Å². The maximum atomic E-state index is 13.6. The number of hydrazine groups is 1. The number of hydrogen-bond donors (Lipinski definition) is 3. The molecule has 2 heterocycles. The smallest absolute Gasteiger partial charge is 0.274 e. The van der Waals surface area contributed by atoms with Gasteiger partial charge in [-0.25, -0.2) is 9.67 Å². The monoisotopic (exact) mass is 522 g/mol. The van der Waals surface area contributed by atoms with Gasteiger partial charge in [0.25, 0.3) is 11.8 Å². The van der Waals surface area contributed by atoms with E-state index in [1.165, 1.54) is 17.7 Å². The third-order valence-corrected chi connectivity index (χ3v) is 5.60. The lowest BCUT2D eigenvalue weighted by atomic mass is 10.1. The Bertz CT molecular complexity index is 1470. The van der Waals surface area contributed by atoms with E-state index in [9.17, 15) is 14.4 Å². The van der Waals surface area contributed by atoms with Gasteiger partial charge in [-0.05, 0) is 42.8 Å². The van der Waals surface area contributed by atoms with Crippen molar-refractivity contribution in [1.82, 2.24) is 25.6 Å². The van der Waals surface area contributed by atoms with Gasteiger partial charge in [-0.2, -0.15) is 5.10 Å². The first-order valence-corrected chi connectivity index (χ1v) is 11.4. The van der Waals surface area contributed by atoms with E-state index >= 15 is 0 Å². The number of anilines is 1. The maximum Gasteiger partial charge on any atom is 0.274 e. The standard InChI is InChI=1S/C25H20Cl2N6O3/c1-14-11-17(26)12-18(24(35)31-30-15(2)34)22(14)29-25(36)21-13-20(16-7-4-3-5-8-16)32-33(21)23-19(27)9-6-10-28-23/h3-13H,1-2H3,(H,29,36)(H,30,34)(H,31,35). The van der Waals surface area contributed by atoms with E-state index in [0.717, 1.165) is 5.56 Å². The highest BCUT2D eigenvalue weighted by molar-refractivity contribution is 6.32. The Balaban J connectivity index is 1.77. The number of carbonyl (C=O) groups excluding carboxylic acids is 3. The van der Waals surface area contributed by atoms with E-state index in [1.54, 1.807) is 37.4 Å². The van der Waals surface area contributed by atoms with E-state index < -0.39 is 17.7 Å². The molecule has 0 saturated heterocycles. The number of amides is 3. The molecule has 0 aliphatic rings. The first-order chi connectivity index (χ1) is 17.2. The SMILES string of the molecule is CC(=O)NNC(=O)c1cc(Cl)cc(C)c1NC(=O)c1cc(-c2ccccc2)nn1-c1ncccc1Cl. The second kappa shape index (κ2) is 10.6. The minimum atomic E-state index is -0.655. The number of aromatic nitrogens is 3. The van der Waals surface area contributed by atoms with Crippen molar-refractivity contribution in [2.75, 3.05) is 5.32 Å². The molecule has 0 saturated carbocycles. The highest BCUT2D eigenvalue weighted by Crippen LogP contribution is 2.28. The molecule has 182 valence electrons. The molecule has 2 aromatic carbocycles. The van der Waals surface area contributed by atoms with E-state index in [0.29, 0.717) is 16.3 Å². The van der Waals surface area contributed by atoms with Crippen LogP contribution in [-0.2, 0) is 4.79 Å². The van der Waals surface area contributed by atoms with Crippen molar-refractivity contribution in [2.45, 2.75) is 13.8 Å². The zero-order valence-corrected chi connectivity index (χ0v) is 20.7. The van der Waals surface area contributed by atoms with Crippen molar-refractivity contribution < 1.29 is 14.4 Å². The minimum absolute atomic E-state index is 0.0623. The van der Waals surface area contributed by atoms with Crippen LogP contribution in [-0.4, -0.2) is 32.5 Å². The Kier molecular flexibility index (Phi) is 7.33. The van der Waals surface area contributed by atoms with Gasteiger partial charge in [0.2, 0.25) is 5.91 Å². The van der Waals surface area contributed by atoms with Crippen molar-refractivity contribution in [3.63, 3.8) is 0 Å². The van der Waals surface area contributed by atoms with Gasteiger partial charge >= 0.3 is 0 Å². The lowest BCUT2D eigenvalue weighted by molar-refractivity contribution is -0.119. The van der Waals surface area contributed by atoms with Gasteiger partial charge < -0.3 is 5.32 Å². The third-order valence-electron chi connectivity index (χ3n) is 5.09. The Morgan fingerprint density at radius 1 is 0.917 bits per heavy atom. The van der Waals surface area contributed by atoms with E-state index in [1.807, 2.05) is 30.3 Å². The van der Waals surface area contributed by atoms with Gasteiger partial charge in [0.15, 0.2) is 5.82 Å². The van der Waals surface area contributed by atoms with Gasteiger partial charge in [-0.1, -0.05) is 53.5 Å². The summed E-state index contributed by atoms with van der Waals surface area (Å²) in [6.07, 6.45) is 1.54. The summed E-state index contributed by atoms with van der Waals surface area (Å²) in [7, 11) is 0. The number of aryl methyl sites for hydroxylation is 1. The van der Waals surface area contributed by atoms with Crippen LogP contribution in [0, 0.1) is 6.92 Å². The fraction of sp³-hybridized carbons (Fsp3) is 0.0800. The van der Waals surface area contributed by atoms with Crippen LogP contribution in [0.1, 0.15) is 33.3 Å². The topological polar surface area (TPSA) is 118 Å². The van der Waals surface area contributed by atoms with E-state index in [4.69, 9.17) is 23.2 Å². The molecule has 0 atom stereocenters. The molecule has 0 aliphatic heterocycles. The van der Waals surface area contributed by atoms with E-state index in [2.05, 4.69) is 26.3 Å². The normalized spacial score (nSPS) is 10.6. The lowest BCUT2D eigenvalue weighted by Crippen LogP contribution is -2.40. The molecule has 2 aromatic heterocycles. The van der Waals surface area contributed by atoms with Crippen molar-refractivity contribution in [3.8, 4) is 17.1 Å². The average molecular weight is 523 g/mol. The molecule has 4 aromatic rings. The molecule has 36 heavy (non-hydrogen) atoms. The lowest BCUT2D eigenvalue weighted by Gasteiger charge is -2.15. The van der Waals surface area contributed by atoms with Crippen molar-refractivity contribution in [2.24, 2.45) is 0 Å². The molecule has 3 amide bonds. The Morgan fingerprint density at radius 2 is 1.67 bits per heavy atom. The molecule has 4 rings (SSSR count). The van der Waals surface area contributed by atoms with E-state index in [-0.39, 0.29) is 27.8 Å². The molecule has 0 radical (unpaired) electrons. The summed E-state index contributed by atoms with van der Waals surface area (Å²) in [5.74, 6) is -1.41. The first kappa shape index (κ1) is 24.9. The van der Waals surface area contributed by atoms with Gasteiger partial charge in [-0.3, -0.25) is 25.2 Å². The molecule has 0 unspecified atom stereocenters. The molecule has 0 bridgehead atoms. The quantitative estimate of drug-likeness (QED) is 0.331. The molecule has 11 heteroatoms. The molecular weight excluding hydrogens is 503 g/mol. The van der Waals surface area contributed by atoms with Crippen LogP contribution in [0.25, 0.3) is 17.1 Å². The Labute approximate surface area is 216 Å². The van der Waals surface area contributed by atoms with Crippen LogP contribution in [0.4, 0.5) is 5.69 Å². The van der Waals surface area contributed by atoms with Crippen LogP contribution in [0.15, 0.2) is 66.9 Å². The number of nitrogens with zero attached hydrogens (tertiary/aromatic N) is 3. The summed E-state index contributed by atoms with van der Waals surface area (Å²) in [4.78, 5) is 41.8.